The smallest absolute Gasteiger partial charge is 0.0585 e. The van der Waals surface area contributed by atoms with Gasteiger partial charge >= 0.3 is 0 Å². The van der Waals surface area contributed by atoms with Crippen molar-refractivity contribution in [2.45, 2.75) is 99.5 Å². The molecular weight excluding hydrogens is 393 g/mol. The van der Waals surface area contributed by atoms with Gasteiger partial charge in [-0.05, 0) is 68.1 Å². The van der Waals surface area contributed by atoms with E-state index in [0.717, 1.165) is 30.3 Å². The van der Waals surface area contributed by atoms with Gasteiger partial charge < -0.3 is 0 Å². The average molecular weight is 446 g/mol. The first kappa shape index (κ1) is 28.9. The van der Waals surface area contributed by atoms with E-state index >= 15 is 0 Å². The first-order valence-electron chi connectivity index (χ1n) is 13.2. The van der Waals surface area contributed by atoms with Crippen LogP contribution in [0.1, 0.15) is 93.4 Å². The molecule has 0 aromatic rings. The van der Waals surface area contributed by atoms with Crippen molar-refractivity contribution >= 4 is 0 Å². The molecule has 0 N–H and O–H groups in total. The highest BCUT2D eigenvalue weighted by Crippen LogP contribution is 2.42. The maximum absolute atomic E-state index is 14.1. The summed E-state index contributed by atoms with van der Waals surface area (Å²) in [5.74, 6) is 3.88. The maximum Gasteiger partial charge on any atom is 0.0585 e. The summed E-state index contributed by atoms with van der Waals surface area (Å²) in [6.45, 7) is 20.3. The standard InChI is InChI=1S/C30H52FN/c1-10-12-27(11-2)20-29(32(9)31)18-15-23(5)14-17-28-21-30(26(8)19-25(28)7)24(6)16-13-22(3)4/h13-16,18,22,25-30H,6,10-12,17,19-21H2,1-5,7-9H3/b16-13-,18-15+,23-14+. The van der Waals surface area contributed by atoms with Crippen molar-refractivity contribution in [1.29, 1.82) is 0 Å². The molecule has 1 aliphatic rings. The molecule has 1 saturated carbocycles. The Balaban J connectivity index is 2.76. The Bertz CT molecular complexity index is 627. The lowest BCUT2D eigenvalue weighted by molar-refractivity contribution is 0.0183. The molecule has 0 heterocycles. The number of nitrogens with zero attached hydrogens (tertiary/aromatic N) is 1. The van der Waals surface area contributed by atoms with E-state index in [0.29, 0.717) is 29.6 Å². The van der Waals surface area contributed by atoms with Crippen LogP contribution in [0.15, 0.2) is 48.1 Å². The van der Waals surface area contributed by atoms with Crippen LogP contribution >= 0.6 is 0 Å². The fourth-order valence-corrected chi connectivity index (χ4v) is 5.27. The molecule has 6 atom stereocenters. The van der Waals surface area contributed by atoms with E-state index in [4.69, 9.17) is 0 Å². The second kappa shape index (κ2) is 14.9. The molecule has 1 rings (SSSR count). The van der Waals surface area contributed by atoms with Crippen molar-refractivity contribution in [3.8, 4) is 0 Å². The van der Waals surface area contributed by atoms with Crippen molar-refractivity contribution < 1.29 is 4.48 Å². The van der Waals surface area contributed by atoms with Crippen LogP contribution in [0.3, 0.4) is 0 Å². The van der Waals surface area contributed by atoms with Crippen molar-refractivity contribution in [2.75, 3.05) is 7.05 Å². The zero-order valence-electron chi connectivity index (χ0n) is 22.4. The minimum atomic E-state index is -0.134. The molecule has 0 radical (unpaired) electrons. The summed E-state index contributed by atoms with van der Waals surface area (Å²) in [4.78, 5) is 0. The van der Waals surface area contributed by atoms with Gasteiger partial charge in [0.15, 0.2) is 0 Å². The zero-order valence-corrected chi connectivity index (χ0v) is 22.4. The summed E-state index contributed by atoms with van der Waals surface area (Å²) in [5.41, 5.74) is 2.55. The van der Waals surface area contributed by atoms with Crippen LogP contribution in [0.5, 0.6) is 0 Å². The molecular formula is C30H52FN. The molecule has 0 aliphatic heterocycles. The van der Waals surface area contributed by atoms with Crippen LogP contribution in [-0.4, -0.2) is 18.2 Å². The molecule has 0 aromatic heterocycles. The van der Waals surface area contributed by atoms with E-state index in [1.165, 1.54) is 36.8 Å². The lowest BCUT2D eigenvalue weighted by Crippen LogP contribution is -2.29. The van der Waals surface area contributed by atoms with Crippen LogP contribution in [0, 0.1) is 35.5 Å². The summed E-state index contributed by atoms with van der Waals surface area (Å²) < 4.78 is 14.1. The Hall–Kier alpha value is -1.15. The van der Waals surface area contributed by atoms with Gasteiger partial charge in [-0.25, -0.2) is 0 Å². The molecule has 1 aliphatic carbocycles. The molecule has 0 saturated heterocycles. The Morgan fingerprint density at radius 1 is 1.09 bits per heavy atom. The average Bonchev–Trinajstić information content (AvgIpc) is 2.73. The Kier molecular flexibility index (Phi) is 13.4. The zero-order chi connectivity index (χ0) is 24.3. The van der Waals surface area contributed by atoms with E-state index in [1.807, 2.05) is 0 Å². The van der Waals surface area contributed by atoms with E-state index in [2.05, 4.69) is 85.4 Å². The number of halogens is 1. The number of allylic oxidation sites excluding steroid dienone is 6. The predicted molar refractivity (Wildman–Crippen MR) is 141 cm³/mol. The summed E-state index contributed by atoms with van der Waals surface area (Å²) in [7, 11) is 1.55. The molecule has 1 fully saturated rings. The lowest BCUT2D eigenvalue weighted by Gasteiger charge is -2.39. The molecule has 0 spiro atoms. The van der Waals surface area contributed by atoms with E-state index < -0.39 is 0 Å². The van der Waals surface area contributed by atoms with Crippen molar-refractivity contribution in [3.63, 3.8) is 0 Å². The van der Waals surface area contributed by atoms with Gasteiger partial charge in [-0.15, -0.1) is 9.60 Å². The third-order valence-corrected chi connectivity index (χ3v) is 7.59. The highest BCUT2D eigenvalue weighted by molar-refractivity contribution is 5.21. The molecule has 0 aromatic carbocycles. The second-order valence-corrected chi connectivity index (χ2v) is 10.9. The van der Waals surface area contributed by atoms with Crippen molar-refractivity contribution in [2.24, 2.45) is 35.5 Å². The SMILES string of the molecule is C=C(/C=C\C(C)C)C1CC(C/C=C(C)/C=C/C(CC(CC)CCC)N(C)F)C(C)CC1C. The van der Waals surface area contributed by atoms with Crippen LogP contribution in [0.4, 0.5) is 4.48 Å². The van der Waals surface area contributed by atoms with E-state index in [-0.39, 0.29) is 6.04 Å². The fourth-order valence-electron chi connectivity index (χ4n) is 5.27. The highest BCUT2D eigenvalue weighted by atomic mass is 19.2. The number of rotatable bonds is 13. The summed E-state index contributed by atoms with van der Waals surface area (Å²) in [6, 6.07) is -0.134. The van der Waals surface area contributed by atoms with Crippen molar-refractivity contribution in [3.05, 3.63) is 48.1 Å². The van der Waals surface area contributed by atoms with E-state index in [1.54, 1.807) is 7.05 Å². The van der Waals surface area contributed by atoms with Gasteiger partial charge in [-0.2, -0.15) is 0 Å². The third kappa shape index (κ3) is 10.2. The Morgan fingerprint density at radius 2 is 1.78 bits per heavy atom. The van der Waals surface area contributed by atoms with Crippen LogP contribution in [0.25, 0.3) is 0 Å². The fraction of sp³-hybridized carbons (Fsp3) is 0.733. The van der Waals surface area contributed by atoms with E-state index in [9.17, 15) is 4.48 Å². The van der Waals surface area contributed by atoms with Crippen molar-refractivity contribution in [1.82, 2.24) is 5.12 Å². The minimum absolute atomic E-state index is 0.134. The number of likely N-dealkylation sites (N-methyl/N-ethyl adjacent to an activating group) is 1. The molecule has 1 nitrogen and oxygen atoms in total. The number of hydrogen-bond donors (Lipinski definition) is 0. The third-order valence-electron chi connectivity index (χ3n) is 7.59. The molecule has 2 heteroatoms. The van der Waals surface area contributed by atoms with Gasteiger partial charge in [0.25, 0.3) is 0 Å². The van der Waals surface area contributed by atoms with Gasteiger partial charge in [0.05, 0.1) is 6.04 Å². The summed E-state index contributed by atoms with van der Waals surface area (Å²) in [6.07, 6.45) is 19.1. The summed E-state index contributed by atoms with van der Waals surface area (Å²) >= 11 is 0. The summed E-state index contributed by atoms with van der Waals surface area (Å²) in [5, 5.41) is 0.883. The highest BCUT2D eigenvalue weighted by Gasteiger charge is 2.32. The Morgan fingerprint density at radius 3 is 2.34 bits per heavy atom. The quantitative estimate of drug-likeness (QED) is 0.201. The first-order chi connectivity index (χ1) is 15.1. The monoisotopic (exact) mass is 445 g/mol. The molecule has 32 heavy (non-hydrogen) atoms. The molecule has 0 amide bonds. The number of hydrogen-bond acceptors (Lipinski definition) is 1. The van der Waals surface area contributed by atoms with Crippen LogP contribution in [-0.2, 0) is 0 Å². The first-order valence-corrected chi connectivity index (χ1v) is 13.2. The molecule has 184 valence electrons. The largest absolute Gasteiger partial charge is 0.143 e. The van der Waals surface area contributed by atoms with Gasteiger partial charge in [0, 0.05) is 7.05 Å². The second-order valence-electron chi connectivity index (χ2n) is 10.9. The maximum atomic E-state index is 14.1. The van der Waals surface area contributed by atoms with Crippen LogP contribution < -0.4 is 0 Å². The Labute approximate surface area is 199 Å². The van der Waals surface area contributed by atoms with Gasteiger partial charge in [-0.1, -0.05) is 109 Å². The lowest BCUT2D eigenvalue weighted by atomic mass is 9.66. The van der Waals surface area contributed by atoms with Gasteiger partial charge in [0.2, 0.25) is 0 Å². The normalized spacial score (nSPS) is 27.0. The molecule has 0 bridgehead atoms. The molecule has 6 unspecified atom stereocenters. The minimum Gasteiger partial charge on any atom is -0.143 e. The predicted octanol–water partition coefficient (Wildman–Crippen LogP) is 9.35. The van der Waals surface area contributed by atoms with Gasteiger partial charge in [-0.3, -0.25) is 0 Å². The van der Waals surface area contributed by atoms with Crippen LogP contribution in [0.2, 0.25) is 0 Å². The topological polar surface area (TPSA) is 3.24 Å². The van der Waals surface area contributed by atoms with Gasteiger partial charge in [0.1, 0.15) is 0 Å².